The van der Waals surface area contributed by atoms with E-state index in [0.717, 1.165) is 20.1 Å². The van der Waals surface area contributed by atoms with E-state index in [9.17, 15) is 0 Å². The molecule has 0 unspecified atom stereocenters. The van der Waals surface area contributed by atoms with Crippen LogP contribution in [-0.4, -0.2) is 16.1 Å². The Morgan fingerprint density at radius 3 is 1.06 bits per heavy atom. The van der Waals surface area contributed by atoms with Crippen LogP contribution < -0.4 is 0 Å². The monoisotopic (exact) mass is 586 g/mol. The van der Waals surface area contributed by atoms with Crippen molar-refractivity contribution in [1.29, 1.82) is 0 Å². The first-order chi connectivity index (χ1) is 14.9. The summed E-state index contributed by atoms with van der Waals surface area (Å²) in [6, 6.07) is 4.17. The van der Waals surface area contributed by atoms with E-state index in [1.165, 1.54) is 0 Å². The molecule has 1 aromatic carbocycles. The molecule has 0 saturated carbocycles. The molecule has 0 fully saturated rings. The fraction of sp³-hybridized carbons (Fsp3) is 0.500. The Kier molecular flexibility index (Phi) is 11.2. The van der Waals surface area contributed by atoms with Gasteiger partial charge in [-0.15, -0.1) is 34.0 Å². The number of hydrogen-bond acceptors (Lipinski definition) is 0. The van der Waals surface area contributed by atoms with Crippen LogP contribution in [0.1, 0.15) is 80.4 Å². The summed E-state index contributed by atoms with van der Waals surface area (Å²) in [5.41, 5.74) is 18.2. The van der Waals surface area contributed by atoms with Gasteiger partial charge in [-0.3, -0.25) is 0 Å². The van der Waals surface area contributed by atoms with E-state index in [1.54, 1.807) is 0 Å². The Balaban J connectivity index is 3.57. The Hall–Kier alpha value is -1.15. The number of benzene rings is 1. The van der Waals surface area contributed by atoms with Crippen molar-refractivity contribution < 1.29 is 0 Å². The van der Waals surface area contributed by atoms with E-state index >= 15 is 0 Å². The minimum absolute atomic E-state index is 0.472. The predicted octanol–water partition coefficient (Wildman–Crippen LogP) is 8.66. The maximum absolute atomic E-state index is 3.74. The Bertz CT molecular complexity index is 962. The molecule has 0 spiro atoms. The largest absolute Gasteiger partial charge is 0.222 e. The lowest BCUT2D eigenvalue weighted by Crippen LogP contribution is -2.39. The van der Waals surface area contributed by atoms with Gasteiger partial charge in [0.1, 0.15) is 0 Å². The molecule has 170 valence electrons. The maximum Gasteiger partial charge on any atom is 0.222 e. The quantitative estimate of drug-likeness (QED) is 0.244. The first kappa shape index (κ1) is 28.9. The summed E-state index contributed by atoms with van der Waals surface area (Å²) < 4.78 is 1.95. The van der Waals surface area contributed by atoms with Crippen LogP contribution in [0.25, 0.3) is 0 Å². The lowest BCUT2D eigenvalue weighted by molar-refractivity contribution is 0.934. The third-order valence-electron chi connectivity index (χ3n) is 6.17. The normalized spacial score (nSPS) is 11.2. The molecule has 0 N–H and O–H groups in total. The molecule has 0 aliphatic heterocycles. The Morgan fingerprint density at radius 2 is 0.844 bits per heavy atom. The average Bonchev–Trinajstić information content (AvgIpc) is 2.69. The van der Waals surface area contributed by atoms with Crippen molar-refractivity contribution in [3.63, 3.8) is 0 Å². The third kappa shape index (κ3) is 6.46. The average molecular weight is 589 g/mol. The second kappa shape index (κ2) is 12.4. The van der Waals surface area contributed by atoms with Crippen LogP contribution in [-0.2, 0) is 0 Å². The standard InChI is InChI=1S/C28H36Br2Si2/c1-11-15-31(21(3)4,22(5)6)17-13-25-19-28(30)26(20-27(25)29)14-18-32(16-12-2,23(7)8)24(9)10/h19-24H,1-10H3. The van der Waals surface area contributed by atoms with E-state index in [2.05, 4.69) is 145 Å². The van der Waals surface area contributed by atoms with Gasteiger partial charge in [0.2, 0.25) is 16.1 Å². The predicted molar refractivity (Wildman–Crippen MR) is 154 cm³/mol. The van der Waals surface area contributed by atoms with E-state index in [0.29, 0.717) is 22.2 Å². The molecule has 0 aliphatic rings. The lowest BCUT2D eigenvalue weighted by Gasteiger charge is -2.28. The number of hydrogen-bond donors (Lipinski definition) is 0. The molecule has 0 heterocycles. The highest BCUT2D eigenvalue weighted by molar-refractivity contribution is 9.11. The first-order valence-corrected chi connectivity index (χ1v) is 17.2. The highest BCUT2D eigenvalue weighted by Crippen LogP contribution is 2.33. The van der Waals surface area contributed by atoms with Crippen LogP contribution in [0.2, 0.25) is 22.2 Å². The topological polar surface area (TPSA) is 0 Å². The summed E-state index contributed by atoms with van der Waals surface area (Å²) in [6.07, 6.45) is 0. The van der Waals surface area contributed by atoms with Gasteiger partial charge in [-0.05, 0) is 80.0 Å². The van der Waals surface area contributed by atoms with Gasteiger partial charge < -0.3 is 0 Å². The molecular weight excluding hydrogens is 552 g/mol. The summed E-state index contributed by atoms with van der Waals surface area (Å²) in [5.74, 6) is 13.3. The Morgan fingerprint density at radius 1 is 0.562 bits per heavy atom. The zero-order chi connectivity index (χ0) is 24.7. The molecule has 0 nitrogen and oxygen atoms in total. The molecule has 0 saturated heterocycles. The summed E-state index contributed by atoms with van der Waals surface area (Å²) in [4.78, 5) is 0. The molecule has 4 heteroatoms. The SMILES string of the molecule is CC#C[Si](C#Cc1cc(Br)c(C#C[Si](C#CC)(C(C)C)C(C)C)cc1Br)(C(C)C)C(C)C. The van der Waals surface area contributed by atoms with E-state index in [-0.39, 0.29) is 0 Å². The van der Waals surface area contributed by atoms with Crippen molar-refractivity contribution >= 4 is 48.0 Å². The highest BCUT2D eigenvalue weighted by atomic mass is 79.9. The molecule has 0 amide bonds. The van der Waals surface area contributed by atoms with Crippen LogP contribution in [0.4, 0.5) is 0 Å². The first-order valence-electron chi connectivity index (χ1n) is 11.3. The van der Waals surface area contributed by atoms with E-state index in [1.807, 2.05) is 13.8 Å². The van der Waals surface area contributed by atoms with Gasteiger partial charge in [0.15, 0.2) is 0 Å². The van der Waals surface area contributed by atoms with Crippen LogP contribution >= 0.6 is 31.9 Å². The molecule has 32 heavy (non-hydrogen) atoms. The second-order valence-corrected chi connectivity index (χ2v) is 20.2. The Labute approximate surface area is 216 Å². The zero-order valence-electron chi connectivity index (χ0n) is 21.2. The van der Waals surface area contributed by atoms with Gasteiger partial charge >= 0.3 is 0 Å². The van der Waals surface area contributed by atoms with Crippen molar-refractivity contribution in [2.45, 2.75) is 91.4 Å². The summed E-state index contributed by atoms with van der Waals surface area (Å²) >= 11 is 7.49. The summed E-state index contributed by atoms with van der Waals surface area (Å²) in [6.45, 7) is 21.9. The minimum atomic E-state index is -2.06. The van der Waals surface area contributed by atoms with E-state index in [4.69, 9.17) is 0 Å². The van der Waals surface area contributed by atoms with Gasteiger partial charge in [0, 0.05) is 20.1 Å². The fourth-order valence-corrected chi connectivity index (χ4v) is 11.5. The molecule has 0 radical (unpaired) electrons. The van der Waals surface area contributed by atoms with E-state index < -0.39 is 16.1 Å². The third-order valence-corrected chi connectivity index (χ3v) is 17.2. The smallest absolute Gasteiger partial charge is 0.115 e. The molecular formula is C28H36Br2Si2. The van der Waals surface area contributed by atoms with Gasteiger partial charge in [0.25, 0.3) is 0 Å². The molecule has 0 bridgehead atoms. The molecule has 0 atom stereocenters. The van der Waals surface area contributed by atoms with Crippen molar-refractivity contribution in [2.24, 2.45) is 0 Å². The minimum Gasteiger partial charge on any atom is -0.115 e. The van der Waals surface area contributed by atoms with Gasteiger partial charge in [0.05, 0.1) is 0 Å². The number of halogens is 2. The lowest BCUT2D eigenvalue weighted by atomic mass is 10.1. The van der Waals surface area contributed by atoms with Crippen molar-refractivity contribution in [2.75, 3.05) is 0 Å². The molecule has 1 aromatic rings. The van der Waals surface area contributed by atoms with Crippen LogP contribution in [0.15, 0.2) is 21.1 Å². The summed E-state index contributed by atoms with van der Waals surface area (Å²) in [5, 5.41) is 0. The molecule has 0 aromatic heterocycles. The van der Waals surface area contributed by atoms with Gasteiger partial charge in [-0.2, -0.15) is 0 Å². The van der Waals surface area contributed by atoms with Crippen LogP contribution in [0.5, 0.6) is 0 Å². The zero-order valence-corrected chi connectivity index (χ0v) is 26.4. The fourth-order valence-electron chi connectivity index (χ4n) is 4.04. The second-order valence-electron chi connectivity index (χ2n) is 9.42. The van der Waals surface area contributed by atoms with Crippen molar-refractivity contribution in [3.05, 3.63) is 32.2 Å². The summed E-state index contributed by atoms with van der Waals surface area (Å²) in [7, 11) is -4.11. The highest BCUT2D eigenvalue weighted by Gasteiger charge is 2.38. The van der Waals surface area contributed by atoms with Crippen molar-refractivity contribution in [1.82, 2.24) is 0 Å². The van der Waals surface area contributed by atoms with Crippen LogP contribution in [0.3, 0.4) is 0 Å². The van der Waals surface area contributed by atoms with Gasteiger partial charge in [-0.1, -0.05) is 67.2 Å². The molecule has 0 aliphatic carbocycles. The molecule has 1 rings (SSSR count). The van der Waals surface area contributed by atoms with Gasteiger partial charge in [-0.25, -0.2) is 0 Å². The maximum atomic E-state index is 3.74. The number of rotatable bonds is 4. The van der Waals surface area contributed by atoms with Crippen molar-refractivity contribution in [3.8, 4) is 45.9 Å². The van der Waals surface area contributed by atoms with Crippen LogP contribution in [0, 0.1) is 45.9 Å².